The van der Waals surface area contributed by atoms with Crippen LogP contribution in [-0.2, 0) is 10.0 Å². The molecule has 4 rings (SSSR count). The molecule has 150 valence electrons. The van der Waals surface area contributed by atoms with Gasteiger partial charge in [-0.2, -0.15) is 13.7 Å². The van der Waals surface area contributed by atoms with Crippen LogP contribution in [0.25, 0.3) is 11.7 Å². The van der Waals surface area contributed by atoms with Crippen molar-refractivity contribution in [1.82, 2.24) is 13.7 Å². The van der Waals surface area contributed by atoms with E-state index in [0.717, 1.165) is 5.56 Å². The number of rotatable bonds is 5. The SMILES string of the molecule is O=[N+]([O-])c1c(N2CCN(S(=O)(=O)/C=C/c3ccccc3)CC2)nc2ccccn12. The maximum atomic E-state index is 12.6. The Morgan fingerprint density at radius 3 is 2.38 bits per heavy atom. The normalized spacial score (nSPS) is 15.9. The molecule has 0 saturated carbocycles. The van der Waals surface area contributed by atoms with Gasteiger partial charge in [0, 0.05) is 37.7 Å². The molecule has 0 unspecified atom stereocenters. The Hall–Kier alpha value is -3.24. The molecule has 3 heterocycles. The quantitative estimate of drug-likeness (QED) is 0.470. The number of piperazine rings is 1. The molecule has 1 saturated heterocycles. The summed E-state index contributed by atoms with van der Waals surface area (Å²) in [4.78, 5) is 17.3. The second kappa shape index (κ2) is 7.64. The topological polar surface area (TPSA) is 101 Å². The first-order chi connectivity index (χ1) is 14.0. The second-order valence-electron chi connectivity index (χ2n) is 6.59. The first-order valence-corrected chi connectivity index (χ1v) is 10.6. The van der Waals surface area contributed by atoms with E-state index in [9.17, 15) is 18.5 Å². The summed E-state index contributed by atoms with van der Waals surface area (Å²) in [6.07, 6.45) is 3.16. The largest absolute Gasteiger partial charge is 0.372 e. The molecule has 1 aliphatic rings. The fourth-order valence-electron chi connectivity index (χ4n) is 3.32. The van der Waals surface area contributed by atoms with Gasteiger partial charge < -0.3 is 15.0 Å². The minimum absolute atomic E-state index is 0.110. The highest BCUT2D eigenvalue weighted by Crippen LogP contribution is 2.29. The fourth-order valence-corrected chi connectivity index (χ4v) is 4.49. The van der Waals surface area contributed by atoms with Crippen LogP contribution in [0.4, 0.5) is 11.6 Å². The van der Waals surface area contributed by atoms with Crippen molar-refractivity contribution in [2.24, 2.45) is 0 Å². The number of imidazole rings is 1. The molecule has 0 radical (unpaired) electrons. The van der Waals surface area contributed by atoms with Crippen LogP contribution in [0.2, 0.25) is 0 Å². The van der Waals surface area contributed by atoms with Crippen LogP contribution >= 0.6 is 0 Å². The van der Waals surface area contributed by atoms with Gasteiger partial charge in [-0.15, -0.1) is 0 Å². The number of aromatic nitrogens is 2. The van der Waals surface area contributed by atoms with E-state index in [0.29, 0.717) is 18.7 Å². The van der Waals surface area contributed by atoms with Gasteiger partial charge in [-0.05, 0) is 22.6 Å². The zero-order chi connectivity index (χ0) is 20.4. The summed E-state index contributed by atoms with van der Waals surface area (Å²) in [5, 5.41) is 12.8. The molecule has 0 aliphatic carbocycles. The minimum atomic E-state index is -3.57. The van der Waals surface area contributed by atoms with Crippen LogP contribution in [0.3, 0.4) is 0 Å². The lowest BCUT2D eigenvalue weighted by molar-refractivity contribution is -0.389. The Kier molecular flexibility index (Phi) is 5.03. The third kappa shape index (κ3) is 3.84. The molecule has 0 amide bonds. The number of fused-ring (bicyclic) bond motifs is 1. The molecule has 1 aliphatic heterocycles. The highest BCUT2D eigenvalue weighted by Gasteiger charge is 2.31. The lowest BCUT2D eigenvalue weighted by Crippen LogP contribution is -2.48. The summed E-state index contributed by atoms with van der Waals surface area (Å²) in [6, 6.07) is 14.4. The molecule has 1 aromatic carbocycles. The van der Waals surface area contributed by atoms with Crippen LogP contribution in [0.1, 0.15) is 5.56 Å². The van der Waals surface area contributed by atoms with Crippen LogP contribution in [0.15, 0.2) is 60.1 Å². The monoisotopic (exact) mass is 413 g/mol. The summed E-state index contributed by atoms with van der Waals surface area (Å²) < 4.78 is 28.0. The van der Waals surface area contributed by atoms with Crippen LogP contribution in [0, 0.1) is 10.1 Å². The van der Waals surface area contributed by atoms with E-state index in [4.69, 9.17) is 0 Å². The summed E-state index contributed by atoms with van der Waals surface area (Å²) in [6.45, 7) is 1.10. The predicted octanol–water partition coefficient (Wildman–Crippen LogP) is 2.37. The predicted molar refractivity (Wildman–Crippen MR) is 110 cm³/mol. The van der Waals surface area contributed by atoms with Gasteiger partial charge in [0.05, 0.1) is 6.20 Å². The Balaban J connectivity index is 1.51. The molecule has 2 aromatic heterocycles. The summed E-state index contributed by atoms with van der Waals surface area (Å²) in [7, 11) is -3.57. The molecule has 10 heteroatoms. The zero-order valence-corrected chi connectivity index (χ0v) is 16.3. The van der Waals surface area contributed by atoms with E-state index < -0.39 is 14.9 Å². The standard InChI is InChI=1S/C19H19N5O4S/c25-24(26)19-18(20-17-8-4-5-10-23(17)19)21-11-13-22(14-12-21)29(27,28)15-9-16-6-2-1-3-7-16/h1-10,15H,11-14H2/b15-9+. The number of nitrogens with zero attached hydrogens (tertiary/aromatic N) is 5. The smallest absolute Gasteiger partial charge is 0.358 e. The van der Waals surface area contributed by atoms with E-state index in [2.05, 4.69) is 4.98 Å². The number of hydrogen-bond donors (Lipinski definition) is 0. The van der Waals surface area contributed by atoms with Crippen molar-refractivity contribution in [3.8, 4) is 0 Å². The van der Waals surface area contributed by atoms with Gasteiger partial charge in [-0.25, -0.2) is 8.42 Å². The van der Waals surface area contributed by atoms with Crippen molar-refractivity contribution in [1.29, 1.82) is 0 Å². The number of benzene rings is 1. The van der Waals surface area contributed by atoms with Crippen molar-refractivity contribution in [3.05, 3.63) is 75.8 Å². The molecule has 1 fully saturated rings. The van der Waals surface area contributed by atoms with Crippen LogP contribution in [-0.4, -0.2) is 53.2 Å². The van der Waals surface area contributed by atoms with Crippen molar-refractivity contribution in [2.75, 3.05) is 31.1 Å². The molecule has 0 spiro atoms. The van der Waals surface area contributed by atoms with E-state index in [1.807, 2.05) is 30.3 Å². The van der Waals surface area contributed by atoms with Crippen LogP contribution < -0.4 is 4.90 Å². The maximum absolute atomic E-state index is 12.6. The summed E-state index contributed by atoms with van der Waals surface area (Å²) in [5.74, 6) is 0.152. The fraction of sp³-hybridized carbons (Fsp3) is 0.211. The zero-order valence-electron chi connectivity index (χ0n) is 15.5. The first-order valence-electron chi connectivity index (χ1n) is 9.05. The molecule has 29 heavy (non-hydrogen) atoms. The molecule has 0 bridgehead atoms. The Labute approximate surface area is 167 Å². The molecule has 3 aromatic rings. The third-order valence-corrected chi connectivity index (χ3v) is 6.35. The lowest BCUT2D eigenvalue weighted by Gasteiger charge is -2.33. The Morgan fingerprint density at radius 2 is 1.69 bits per heavy atom. The number of anilines is 1. The van der Waals surface area contributed by atoms with Gasteiger partial charge in [0.15, 0.2) is 0 Å². The van der Waals surface area contributed by atoms with Crippen LogP contribution in [0.5, 0.6) is 0 Å². The highest BCUT2D eigenvalue weighted by atomic mass is 32.2. The van der Waals surface area contributed by atoms with Crippen molar-refractivity contribution >= 4 is 33.4 Å². The minimum Gasteiger partial charge on any atom is -0.358 e. The van der Waals surface area contributed by atoms with Crippen molar-refractivity contribution in [3.63, 3.8) is 0 Å². The van der Waals surface area contributed by atoms with E-state index >= 15 is 0 Å². The van der Waals surface area contributed by atoms with Gasteiger partial charge in [0.25, 0.3) is 0 Å². The number of hydrogen-bond acceptors (Lipinski definition) is 6. The van der Waals surface area contributed by atoms with E-state index in [1.165, 1.54) is 14.1 Å². The molecule has 9 nitrogen and oxygen atoms in total. The van der Waals surface area contributed by atoms with Gasteiger partial charge in [-0.1, -0.05) is 36.4 Å². The maximum Gasteiger partial charge on any atom is 0.372 e. The molecule has 0 N–H and O–H groups in total. The summed E-state index contributed by atoms with van der Waals surface area (Å²) >= 11 is 0. The van der Waals surface area contributed by atoms with Crippen molar-refractivity contribution in [2.45, 2.75) is 0 Å². The van der Waals surface area contributed by atoms with Gasteiger partial charge in [0.1, 0.15) is 0 Å². The molecular weight excluding hydrogens is 394 g/mol. The highest BCUT2D eigenvalue weighted by molar-refractivity contribution is 7.92. The average Bonchev–Trinajstić information content (AvgIpc) is 3.13. The second-order valence-corrected chi connectivity index (χ2v) is 8.41. The first kappa shape index (κ1) is 19.1. The van der Waals surface area contributed by atoms with Gasteiger partial charge >= 0.3 is 5.82 Å². The van der Waals surface area contributed by atoms with Gasteiger partial charge in [0.2, 0.25) is 21.5 Å². The third-order valence-electron chi connectivity index (χ3n) is 4.79. The Morgan fingerprint density at radius 1 is 1.00 bits per heavy atom. The van der Waals surface area contributed by atoms with E-state index in [1.54, 1.807) is 35.4 Å². The molecule has 0 atom stereocenters. The molecular formula is C19H19N5O4S. The van der Waals surface area contributed by atoms with E-state index in [-0.39, 0.29) is 24.7 Å². The lowest BCUT2D eigenvalue weighted by atomic mass is 10.2. The van der Waals surface area contributed by atoms with Crippen molar-refractivity contribution < 1.29 is 13.3 Å². The number of pyridine rings is 1. The average molecular weight is 413 g/mol. The number of nitro groups is 1. The Bertz CT molecular complexity index is 1170. The number of sulfonamides is 1. The summed E-state index contributed by atoms with van der Waals surface area (Å²) in [5.41, 5.74) is 1.28. The van der Waals surface area contributed by atoms with Gasteiger partial charge in [-0.3, -0.25) is 0 Å².